The van der Waals surface area contributed by atoms with Gasteiger partial charge in [0.1, 0.15) is 42.0 Å². The van der Waals surface area contributed by atoms with E-state index < -0.39 is 22.4 Å². The molecular weight excluding hydrogens is 236 g/mol. The van der Waals surface area contributed by atoms with Crippen LogP contribution < -0.4 is 0 Å². The van der Waals surface area contributed by atoms with Crippen LogP contribution >= 0.6 is 0 Å². The fourth-order valence-corrected chi connectivity index (χ4v) is 3.17. The van der Waals surface area contributed by atoms with Crippen molar-refractivity contribution in [3.8, 4) is 0 Å². The lowest BCUT2D eigenvalue weighted by Gasteiger charge is -2.19. The van der Waals surface area contributed by atoms with Gasteiger partial charge in [0, 0.05) is 0 Å². The van der Waals surface area contributed by atoms with Gasteiger partial charge in [0.2, 0.25) is 0 Å². The molecule has 0 spiro atoms. The van der Waals surface area contributed by atoms with Crippen molar-refractivity contribution in [2.45, 2.75) is 26.1 Å². The second-order valence-electron chi connectivity index (χ2n) is 3.32. The summed E-state index contributed by atoms with van der Waals surface area (Å²) in [7, 11) is 0. The van der Waals surface area contributed by atoms with Crippen LogP contribution in [0.4, 0.5) is 0 Å². The maximum atomic E-state index is 11.4. The Morgan fingerprint density at radius 1 is 1.00 bits per heavy atom. The molecule has 0 aromatic rings. The first-order valence-corrected chi connectivity index (χ1v) is 8.08. The molecule has 0 amide bonds. The Labute approximate surface area is 97.1 Å². The zero-order chi connectivity index (χ0) is 11.3. The van der Waals surface area contributed by atoms with Crippen LogP contribution in [0.25, 0.3) is 0 Å². The molecule has 90 valence electrons. The molecule has 0 aromatic carbocycles. The minimum Gasteiger partial charge on any atom is -0.616 e. The summed E-state index contributed by atoms with van der Waals surface area (Å²) in [6, 6.07) is 0. The van der Waals surface area contributed by atoms with Crippen LogP contribution in [0.2, 0.25) is 0 Å². The SMILES string of the molecule is CC[S+]([O-])CC1OCOC1C[S+]([O-])CC. The summed E-state index contributed by atoms with van der Waals surface area (Å²) in [4.78, 5) is 0. The molecule has 1 rings (SSSR count). The van der Waals surface area contributed by atoms with Gasteiger partial charge < -0.3 is 18.6 Å². The van der Waals surface area contributed by atoms with Gasteiger partial charge in [-0.2, -0.15) is 0 Å². The minimum atomic E-state index is -0.858. The predicted octanol–water partition coefficient (Wildman–Crippen LogP) is 0.265. The average Bonchev–Trinajstić information content (AvgIpc) is 2.65. The Balaban J connectivity index is 2.35. The first-order chi connectivity index (χ1) is 7.17. The first kappa shape index (κ1) is 13.6. The quantitative estimate of drug-likeness (QED) is 0.638. The van der Waals surface area contributed by atoms with Crippen LogP contribution in [0.5, 0.6) is 0 Å². The van der Waals surface area contributed by atoms with Crippen molar-refractivity contribution in [2.24, 2.45) is 0 Å². The van der Waals surface area contributed by atoms with Crippen LogP contribution in [0.1, 0.15) is 13.8 Å². The lowest BCUT2D eigenvalue weighted by Crippen LogP contribution is -2.36. The highest BCUT2D eigenvalue weighted by atomic mass is 32.2. The maximum Gasteiger partial charge on any atom is 0.148 e. The van der Waals surface area contributed by atoms with E-state index >= 15 is 0 Å². The van der Waals surface area contributed by atoms with Crippen LogP contribution in [0.3, 0.4) is 0 Å². The van der Waals surface area contributed by atoms with E-state index in [1.54, 1.807) is 0 Å². The molecule has 0 bridgehead atoms. The summed E-state index contributed by atoms with van der Waals surface area (Å²) in [6.45, 7) is 3.99. The molecule has 1 heterocycles. The molecule has 15 heavy (non-hydrogen) atoms. The molecule has 0 saturated carbocycles. The molecule has 1 saturated heterocycles. The third-order valence-electron chi connectivity index (χ3n) is 2.32. The first-order valence-electron chi connectivity index (χ1n) is 5.10. The van der Waals surface area contributed by atoms with E-state index in [4.69, 9.17) is 9.47 Å². The zero-order valence-corrected chi connectivity index (χ0v) is 10.8. The second kappa shape index (κ2) is 6.98. The van der Waals surface area contributed by atoms with Crippen molar-refractivity contribution in [2.75, 3.05) is 29.8 Å². The second-order valence-corrected chi connectivity index (χ2v) is 6.90. The molecular formula is C9H18O4S2. The standard InChI is InChI=1S/C9H18O4S2/c1-3-14(10)5-8-9(13-7-12-8)6-15(11)4-2/h8-9H,3-7H2,1-2H3. The summed E-state index contributed by atoms with van der Waals surface area (Å²) in [5.74, 6) is 2.23. The Bertz CT molecular complexity index is 163. The average molecular weight is 254 g/mol. The normalized spacial score (nSPS) is 30.4. The van der Waals surface area contributed by atoms with Crippen molar-refractivity contribution in [3.63, 3.8) is 0 Å². The van der Waals surface area contributed by atoms with Crippen LogP contribution in [0.15, 0.2) is 0 Å². The highest BCUT2D eigenvalue weighted by molar-refractivity contribution is 7.91. The van der Waals surface area contributed by atoms with E-state index in [0.717, 1.165) is 0 Å². The highest BCUT2D eigenvalue weighted by Crippen LogP contribution is 2.17. The molecule has 4 nitrogen and oxygen atoms in total. The molecule has 6 heteroatoms. The summed E-state index contributed by atoms with van der Waals surface area (Å²) in [5.41, 5.74) is 0. The fraction of sp³-hybridized carbons (Fsp3) is 1.00. The van der Waals surface area contributed by atoms with E-state index in [2.05, 4.69) is 0 Å². The smallest absolute Gasteiger partial charge is 0.148 e. The highest BCUT2D eigenvalue weighted by Gasteiger charge is 2.35. The van der Waals surface area contributed by atoms with Crippen molar-refractivity contribution >= 4 is 22.4 Å². The lowest BCUT2D eigenvalue weighted by atomic mass is 10.3. The Kier molecular flexibility index (Phi) is 6.33. The third-order valence-corrected chi connectivity index (χ3v) is 5.01. The topological polar surface area (TPSA) is 64.6 Å². The molecule has 1 fully saturated rings. The number of hydrogen-bond acceptors (Lipinski definition) is 4. The Hall–Kier alpha value is 0.540. The molecule has 1 aliphatic rings. The van der Waals surface area contributed by atoms with Crippen LogP contribution in [0, 0.1) is 0 Å². The van der Waals surface area contributed by atoms with Gasteiger partial charge in [-0.25, -0.2) is 0 Å². The van der Waals surface area contributed by atoms with E-state index in [-0.39, 0.29) is 19.0 Å². The minimum absolute atomic E-state index is 0.152. The molecule has 1 aliphatic heterocycles. The molecule has 0 radical (unpaired) electrons. The van der Waals surface area contributed by atoms with Crippen molar-refractivity contribution in [3.05, 3.63) is 0 Å². The zero-order valence-electron chi connectivity index (χ0n) is 9.14. The lowest BCUT2D eigenvalue weighted by molar-refractivity contribution is 0.0440. The Morgan fingerprint density at radius 3 is 1.73 bits per heavy atom. The summed E-state index contributed by atoms with van der Waals surface area (Å²) >= 11 is -1.72. The summed E-state index contributed by atoms with van der Waals surface area (Å²) in [6.07, 6.45) is -0.303. The van der Waals surface area contributed by atoms with Crippen molar-refractivity contribution in [1.29, 1.82) is 0 Å². The summed E-state index contributed by atoms with van der Waals surface area (Å²) in [5, 5.41) is 0. The van der Waals surface area contributed by atoms with Gasteiger partial charge in [0.25, 0.3) is 0 Å². The van der Waals surface area contributed by atoms with E-state index in [1.807, 2.05) is 13.8 Å². The number of ether oxygens (including phenoxy) is 2. The van der Waals surface area contributed by atoms with Gasteiger partial charge in [-0.15, -0.1) is 0 Å². The van der Waals surface area contributed by atoms with Crippen molar-refractivity contribution < 1.29 is 18.6 Å². The monoisotopic (exact) mass is 254 g/mol. The summed E-state index contributed by atoms with van der Waals surface area (Å²) < 4.78 is 33.4. The van der Waals surface area contributed by atoms with Crippen LogP contribution in [-0.2, 0) is 31.8 Å². The largest absolute Gasteiger partial charge is 0.616 e. The van der Waals surface area contributed by atoms with Gasteiger partial charge >= 0.3 is 0 Å². The van der Waals surface area contributed by atoms with E-state index in [9.17, 15) is 9.11 Å². The van der Waals surface area contributed by atoms with Gasteiger partial charge in [-0.3, -0.25) is 0 Å². The molecule has 0 N–H and O–H groups in total. The maximum absolute atomic E-state index is 11.4. The number of rotatable bonds is 6. The molecule has 4 unspecified atom stereocenters. The number of hydrogen-bond donors (Lipinski definition) is 0. The predicted molar refractivity (Wildman–Crippen MR) is 61.7 cm³/mol. The van der Waals surface area contributed by atoms with Gasteiger partial charge in [0.15, 0.2) is 0 Å². The van der Waals surface area contributed by atoms with E-state index in [0.29, 0.717) is 23.0 Å². The third kappa shape index (κ3) is 4.50. The molecule has 0 aliphatic carbocycles. The van der Waals surface area contributed by atoms with Gasteiger partial charge in [0.05, 0.1) is 0 Å². The van der Waals surface area contributed by atoms with Gasteiger partial charge in [-0.05, 0) is 13.8 Å². The molecule has 0 aromatic heterocycles. The van der Waals surface area contributed by atoms with Crippen LogP contribution in [-0.4, -0.2) is 51.1 Å². The van der Waals surface area contributed by atoms with Gasteiger partial charge in [-0.1, -0.05) is 22.4 Å². The van der Waals surface area contributed by atoms with E-state index in [1.165, 1.54) is 0 Å². The van der Waals surface area contributed by atoms with Crippen molar-refractivity contribution in [1.82, 2.24) is 0 Å². The molecule has 4 atom stereocenters. The Morgan fingerprint density at radius 2 is 1.40 bits per heavy atom. The fourth-order valence-electron chi connectivity index (χ4n) is 1.34.